The van der Waals surface area contributed by atoms with Crippen LogP contribution in [0.25, 0.3) is 0 Å². The van der Waals surface area contributed by atoms with Crippen LogP contribution in [0.15, 0.2) is 24.5 Å². The number of nitrogens with one attached hydrogen (secondary N) is 2. The highest BCUT2D eigenvalue weighted by Crippen LogP contribution is 2.02. The van der Waals surface area contributed by atoms with Gasteiger partial charge in [-0.15, -0.1) is 0 Å². The quantitative estimate of drug-likeness (QED) is 0.507. The lowest BCUT2D eigenvalue weighted by molar-refractivity contribution is 0.289. The Labute approximate surface area is 88.4 Å². The molecule has 14 heavy (non-hydrogen) atoms. The Balaban J connectivity index is 2.27. The van der Waals surface area contributed by atoms with Crippen LogP contribution in [0.5, 0.6) is 0 Å². The summed E-state index contributed by atoms with van der Waals surface area (Å²) in [7, 11) is 0. The van der Waals surface area contributed by atoms with Gasteiger partial charge in [0.15, 0.2) is 5.11 Å². The van der Waals surface area contributed by atoms with Gasteiger partial charge in [-0.2, -0.15) is 0 Å². The first kappa shape index (κ1) is 10.9. The van der Waals surface area contributed by atoms with Gasteiger partial charge in [0.2, 0.25) is 0 Å². The topological polar surface area (TPSA) is 57.2 Å². The molecule has 1 aromatic rings. The van der Waals surface area contributed by atoms with Gasteiger partial charge in [-0.05, 0) is 30.8 Å². The fourth-order valence-corrected chi connectivity index (χ4v) is 1.11. The molecular formula is C9H13N3OS. The fourth-order valence-electron chi connectivity index (χ4n) is 0.892. The SMILES string of the molecule is OCCCNC(=S)Nc1ccncc1. The molecule has 0 bridgehead atoms. The van der Waals surface area contributed by atoms with Crippen molar-refractivity contribution in [3.05, 3.63) is 24.5 Å². The molecule has 0 aliphatic rings. The van der Waals surface area contributed by atoms with Crippen molar-refractivity contribution in [3.63, 3.8) is 0 Å². The second-order valence-corrected chi connectivity index (χ2v) is 3.10. The molecule has 0 radical (unpaired) electrons. The van der Waals surface area contributed by atoms with E-state index >= 15 is 0 Å². The zero-order chi connectivity index (χ0) is 10.2. The summed E-state index contributed by atoms with van der Waals surface area (Å²) < 4.78 is 0. The van der Waals surface area contributed by atoms with Gasteiger partial charge in [-0.3, -0.25) is 4.98 Å². The molecule has 4 nitrogen and oxygen atoms in total. The predicted octanol–water partition coefficient (Wildman–Crippen LogP) is 0.750. The standard InChI is InChI=1S/C9H13N3OS/c13-7-1-4-11-9(14)12-8-2-5-10-6-3-8/h2-3,5-6,13H,1,4,7H2,(H2,10,11,12,14). The summed E-state index contributed by atoms with van der Waals surface area (Å²) in [6.45, 7) is 0.846. The summed E-state index contributed by atoms with van der Waals surface area (Å²) in [5.41, 5.74) is 0.904. The van der Waals surface area contributed by atoms with Crippen molar-refractivity contribution in [1.82, 2.24) is 10.3 Å². The zero-order valence-electron chi connectivity index (χ0n) is 7.73. The molecule has 0 amide bonds. The molecule has 0 unspecified atom stereocenters. The number of nitrogens with zero attached hydrogens (tertiary/aromatic N) is 1. The van der Waals surface area contributed by atoms with Crippen molar-refractivity contribution in [2.75, 3.05) is 18.5 Å². The maximum Gasteiger partial charge on any atom is 0.170 e. The molecule has 5 heteroatoms. The van der Waals surface area contributed by atoms with E-state index in [4.69, 9.17) is 17.3 Å². The Morgan fingerprint density at radius 2 is 2.14 bits per heavy atom. The van der Waals surface area contributed by atoms with E-state index in [-0.39, 0.29) is 6.61 Å². The molecule has 1 aromatic heterocycles. The number of thiocarbonyl (C=S) groups is 1. The first-order valence-corrected chi connectivity index (χ1v) is 4.79. The Bertz CT molecular complexity index is 279. The molecule has 0 aliphatic carbocycles. The molecule has 0 fully saturated rings. The van der Waals surface area contributed by atoms with E-state index in [2.05, 4.69) is 15.6 Å². The van der Waals surface area contributed by atoms with Crippen molar-refractivity contribution in [3.8, 4) is 0 Å². The van der Waals surface area contributed by atoms with Crippen molar-refractivity contribution in [2.45, 2.75) is 6.42 Å². The summed E-state index contributed by atoms with van der Waals surface area (Å²) in [5, 5.41) is 15.1. The maximum atomic E-state index is 8.56. The van der Waals surface area contributed by atoms with E-state index in [1.54, 1.807) is 12.4 Å². The lowest BCUT2D eigenvalue weighted by Gasteiger charge is -2.09. The number of anilines is 1. The van der Waals surface area contributed by atoms with Crippen LogP contribution >= 0.6 is 12.2 Å². The number of hydrogen-bond acceptors (Lipinski definition) is 3. The van der Waals surface area contributed by atoms with E-state index < -0.39 is 0 Å². The van der Waals surface area contributed by atoms with E-state index in [9.17, 15) is 0 Å². The van der Waals surface area contributed by atoms with Crippen molar-refractivity contribution >= 4 is 23.0 Å². The summed E-state index contributed by atoms with van der Waals surface area (Å²) in [5.74, 6) is 0. The van der Waals surface area contributed by atoms with E-state index in [0.29, 0.717) is 18.1 Å². The van der Waals surface area contributed by atoms with Crippen LogP contribution in [0.2, 0.25) is 0 Å². The van der Waals surface area contributed by atoms with Crippen LogP contribution in [0, 0.1) is 0 Å². The number of aromatic nitrogens is 1. The molecule has 0 aromatic carbocycles. The van der Waals surface area contributed by atoms with Crippen LogP contribution in [-0.2, 0) is 0 Å². The summed E-state index contributed by atoms with van der Waals surface area (Å²) in [6.07, 6.45) is 4.08. The molecule has 0 saturated heterocycles. The summed E-state index contributed by atoms with van der Waals surface area (Å²) in [6, 6.07) is 3.67. The maximum absolute atomic E-state index is 8.56. The minimum Gasteiger partial charge on any atom is -0.396 e. The van der Waals surface area contributed by atoms with E-state index in [1.165, 1.54) is 0 Å². The minimum absolute atomic E-state index is 0.171. The van der Waals surface area contributed by atoms with Crippen LogP contribution in [0.4, 0.5) is 5.69 Å². The van der Waals surface area contributed by atoms with Crippen molar-refractivity contribution in [1.29, 1.82) is 0 Å². The highest BCUT2D eigenvalue weighted by Gasteiger charge is 1.95. The average Bonchev–Trinajstić information content (AvgIpc) is 2.20. The van der Waals surface area contributed by atoms with Crippen LogP contribution < -0.4 is 10.6 Å². The average molecular weight is 211 g/mol. The van der Waals surface area contributed by atoms with Gasteiger partial charge >= 0.3 is 0 Å². The molecule has 0 spiro atoms. The lowest BCUT2D eigenvalue weighted by Crippen LogP contribution is -2.29. The summed E-state index contributed by atoms with van der Waals surface area (Å²) in [4.78, 5) is 3.89. The van der Waals surface area contributed by atoms with Crippen molar-refractivity contribution in [2.24, 2.45) is 0 Å². The number of aliphatic hydroxyl groups is 1. The highest BCUT2D eigenvalue weighted by atomic mass is 32.1. The third kappa shape index (κ3) is 4.15. The Morgan fingerprint density at radius 3 is 2.79 bits per heavy atom. The number of pyridine rings is 1. The van der Waals surface area contributed by atoms with Crippen LogP contribution in [0.1, 0.15) is 6.42 Å². The minimum atomic E-state index is 0.171. The third-order valence-electron chi connectivity index (χ3n) is 1.56. The van der Waals surface area contributed by atoms with Gasteiger partial charge < -0.3 is 15.7 Å². The van der Waals surface area contributed by atoms with Gasteiger partial charge in [0.25, 0.3) is 0 Å². The second kappa shape index (κ2) is 6.28. The predicted molar refractivity (Wildman–Crippen MR) is 60.2 cm³/mol. The number of hydrogen-bond donors (Lipinski definition) is 3. The molecule has 1 heterocycles. The Hall–Kier alpha value is -1.20. The van der Waals surface area contributed by atoms with Gasteiger partial charge in [-0.25, -0.2) is 0 Å². The molecule has 0 aliphatic heterocycles. The normalized spacial score (nSPS) is 9.50. The second-order valence-electron chi connectivity index (χ2n) is 2.69. The van der Waals surface area contributed by atoms with Gasteiger partial charge in [0.05, 0.1) is 0 Å². The number of rotatable bonds is 4. The lowest BCUT2D eigenvalue weighted by atomic mass is 10.4. The fraction of sp³-hybridized carbons (Fsp3) is 0.333. The molecule has 76 valence electrons. The van der Waals surface area contributed by atoms with E-state index in [1.807, 2.05) is 12.1 Å². The molecule has 1 rings (SSSR count). The first-order valence-electron chi connectivity index (χ1n) is 4.38. The third-order valence-corrected chi connectivity index (χ3v) is 1.81. The van der Waals surface area contributed by atoms with Crippen LogP contribution in [-0.4, -0.2) is 28.4 Å². The van der Waals surface area contributed by atoms with Gasteiger partial charge in [-0.1, -0.05) is 0 Å². The molecular weight excluding hydrogens is 198 g/mol. The molecule has 3 N–H and O–H groups in total. The zero-order valence-corrected chi connectivity index (χ0v) is 8.55. The van der Waals surface area contributed by atoms with Gasteiger partial charge in [0, 0.05) is 31.2 Å². The van der Waals surface area contributed by atoms with Crippen molar-refractivity contribution < 1.29 is 5.11 Å². The smallest absolute Gasteiger partial charge is 0.170 e. The first-order chi connectivity index (χ1) is 6.83. The largest absolute Gasteiger partial charge is 0.396 e. The Kier molecular flexibility index (Phi) is 4.88. The number of aliphatic hydroxyl groups excluding tert-OH is 1. The highest BCUT2D eigenvalue weighted by molar-refractivity contribution is 7.80. The van der Waals surface area contributed by atoms with E-state index in [0.717, 1.165) is 5.69 Å². The monoisotopic (exact) mass is 211 g/mol. The van der Waals surface area contributed by atoms with Crippen LogP contribution in [0.3, 0.4) is 0 Å². The molecule has 0 atom stereocenters. The summed E-state index contributed by atoms with van der Waals surface area (Å²) >= 11 is 5.03. The molecule has 0 saturated carbocycles. The Morgan fingerprint density at radius 1 is 1.43 bits per heavy atom. The van der Waals surface area contributed by atoms with Gasteiger partial charge in [0.1, 0.15) is 0 Å².